The highest BCUT2D eigenvalue weighted by atomic mass is 19.1. The Balaban J connectivity index is 1.58. The van der Waals surface area contributed by atoms with Gasteiger partial charge in [-0.1, -0.05) is 30.3 Å². The van der Waals surface area contributed by atoms with Crippen molar-refractivity contribution in [2.45, 2.75) is 25.9 Å². The third kappa shape index (κ3) is 5.70. The molecule has 7 heteroatoms. The molecule has 6 nitrogen and oxygen atoms in total. The van der Waals surface area contributed by atoms with Gasteiger partial charge in [0.25, 0.3) is 5.91 Å². The highest BCUT2D eigenvalue weighted by molar-refractivity contribution is 6.05. The van der Waals surface area contributed by atoms with Gasteiger partial charge in [-0.05, 0) is 56.3 Å². The van der Waals surface area contributed by atoms with Crippen molar-refractivity contribution >= 4 is 23.2 Å². The van der Waals surface area contributed by atoms with Gasteiger partial charge in [0, 0.05) is 22.9 Å². The molecule has 0 saturated heterocycles. The summed E-state index contributed by atoms with van der Waals surface area (Å²) in [4.78, 5) is 25.0. The first kappa shape index (κ1) is 23.0. The van der Waals surface area contributed by atoms with E-state index in [1.807, 2.05) is 6.07 Å². The second-order valence-electron chi connectivity index (χ2n) is 7.35. The van der Waals surface area contributed by atoms with E-state index >= 15 is 0 Å². The van der Waals surface area contributed by atoms with Crippen molar-refractivity contribution < 1.29 is 18.7 Å². The number of hydrogen-bond donors (Lipinski definition) is 3. The lowest BCUT2D eigenvalue weighted by atomic mass is 10.1. The number of halogens is 1. The minimum absolute atomic E-state index is 0.264. The van der Waals surface area contributed by atoms with Gasteiger partial charge in [0.05, 0.1) is 18.8 Å². The number of nitrogens with one attached hydrogen (secondary N) is 3. The number of anilines is 2. The van der Waals surface area contributed by atoms with Crippen LogP contribution < -0.4 is 20.7 Å². The summed E-state index contributed by atoms with van der Waals surface area (Å²) in [6, 6.07) is 19.3. The van der Waals surface area contributed by atoms with Crippen LogP contribution in [0.5, 0.6) is 5.75 Å². The Kier molecular flexibility index (Phi) is 7.57. The largest absolute Gasteiger partial charge is 0.495 e. The molecule has 166 valence electrons. The number of carbonyl (C=O) groups excluding carboxylic acids is 2. The van der Waals surface area contributed by atoms with Gasteiger partial charge in [0.2, 0.25) is 5.91 Å². The molecule has 0 aliphatic heterocycles. The molecule has 0 heterocycles. The topological polar surface area (TPSA) is 79.5 Å². The van der Waals surface area contributed by atoms with Crippen LogP contribution in [-0.2, 0) is 4.79 Å². The van der Waals surface area contributed by atoms with Crippen LogP contribution in [0, 0.1) is 5.82 Å². The van der Waals surface area contributed by atoms with Crippen LogP contribution in [-0.4, -0.2) is 25.0 Å². The second-order valence-corrected chi connectivity index (χ2v) is 7.35. The summed E-state index contributed by atoms with van der Waals surface area (Å²) in [6.07, 6.45) is 0. The zero-order valence-electron chi connectivity index (χ0n) is 18.2. The average molecular weight is 435 g/mol. The van der Waals surface area contributed by atoms with Gasteiger partial charge in [-0.2, -0.15) is 0 Å². The molecular weight excluding hydrogens is 409 g/mol. The van der Waals surface area contributed by atoms with E-state index in [1.54, 1.807) is 74.5 Å². The van der Waals surface area contributed by atoms with Gasteiger partial charge in [-0.25, -0.2) is 4.39 Å². The Hall–Kier alpha value is -3.71. The molecule has 0 unspecified atom stereocenters. The SMILES string of the molecule is COc1ccccc1NC(=O)c1ccc(NC(=O)[C@H](C)N[C@@H](C)c2ccccc2F)cc1. The van der Waals surface area contributed by atoms with E-state index in [0.717, 1.165) is 0 Å². The molecule has 0 fully saturated rings. The van der Waals surface area contributed by atoms with E-state index in [1.165, 1.54) is 13.2 Å². The molecular formula is C25H26FN3O3. The van der Waals surface area contributed by atoms with E-state index in [-0.39, 0.29) is 23.7 Å². The Bertz CT molecular complexity index is 1090. The standard InChI is InChI=1S/C25H26FN3O3/c1-16(20-8-4-5-9-21(20)26)27-17(2)24(30)28-19-14-12-18(13-15-19)25(31)29-22-10-6-7-11-23(22)32-3/h4-17,27H,1-3H3,(H,28,30)(H,29,31)/t16-,17-/m0/s1. The molecule has 3 aromatic carbocycles. The fraction of sp³-hybridized carbons (Fsp3) is 0.200. The molecule has 32 heavy (non-hydrogen) atoms. The normalized spacial score (nSPS) is 12.5. The summed E-state index contributed by atoms with van der Waals surface area (Å²) < 4.78 is 19.2. The van der Waals surface area contributed by atoms with Gasteiger partial charge in [0.15, 0.2) is 0 Å². The lowest BCUT2D eigenvalue weighted by Gasteiger charge is -2.20. The number of amides is 2. The van der Waals surface area contributed by atoms with Crippen LogP contribution in [0.25, 0.3) is 0 Å². The number of ether oxygens (including phenoxy) is 1. The Labute approximate surface area is 186 Å². The summed E-state index contributed by atoms with van der Waals surface area (Å²) in [7, 11) is 1.54. The molecule has 2 amide bonds. The molecule has 0 saturated carbocycles. The van der Waals surface area contributed by atoms with Crippen LogP contribution in [0.1, 0.15) is 35.8 Å². The minimum Gasteiger partial charge on any atom is -0.495 e. The van der Waals surface area contributed by atoms with E-state index in [0.29, 0.717) is 28.3 Å². The van der Waals surface area contributed by atoms with Crippen molar-refractivity contribution in [1.82, 2.24) is 5.32 Å². The number of rotatable bonds is 8. The lowest BCUT2D eigenvalue weighted by Crippen LogP contribution is -2.39. The van der Waals surface area contributed by atoms with Gasteiger partial charge in [-0.15, -0.1) is 0 Å². The van der Waals surface area contributed by atoms with Crippen molar-refractivity contribution in [3.63, 3.8) is 0 Å². The fourth-order valence-electron chi connectivity index (χ4n) is 3.26. The number of methoxy groups -OCH3 is 1. The molecule has 3 rings (SSSR count). The highest BCUT2D eigenvalue weighted by Crippen LogP contribution is 2.24. The first-order chi connectivity index (χ1) is 15.4. The van der Waals surface area contributed by atoms with E-state index < -0.39 is 6.04 Å². The van der Waals surface area contributed by atoms with E-state index in [4.69, 9.17) is 4.74 Å². The van der Waals surface area contributed by atoms with Gasteiger partial charge in [0.1, 0.15) is 11.6 Å². The predicted molar refractivity (Wildman–Crippen MR) is 123 cm³/mol. The van der Waals surface area contributed by atoms with E-state index in [2.05, 4.69) is 16.0 Å². The van der Waals surface area contributed by atoms with Crippen molar-refractivity contribution in [3.05, 3.63) is 89.7 Å². The summed E-state index contributed by atoms with van der Waals surface area (Å²) in [5, 5.41) is 8.70. The molecule has 0 aliphatic carbocycles. The van der Waals surface area contributed by atoms with Crippen LogP contribution in [0.4, 0.5) is 15.8 Å². The average Bonchev–Trinajstić information content (AvgIpc) is 2.80. The maximum atomic E-state index is 13.9. The molecule has 0 aliphatic rings. The zero-order chi connectivity index (χ0) is 23.1. The predicted octanol–water partition coefficient (Wildman–Crippen LogP) is 4.76. The minimum atomic E-state index is -0.557. The van der Waals surface area contributed by atoms with E-state index in [9.17, 15) is 14.0 Å². The summed E-state index contributed by atoms with van der Waals surface area (Å²) >= 11 is 0. The summed E-state index contributed by atoms with van der Waals surface area (Å²) in [5.41, 5.74) is 2.06. The first-order valence-corrected chi connectivity index (χ1v) is 10.2. The van der Waals surface area contributed by atoms with Crippen molar-refractivity contribution in [2.75, 3.05) is 17.7 Å². The Morgan fingerprint density at radius 3 is 2.22 bits per heavy atom. The van der Waals surface area contributed by atoms with Crippen molar-refractivity contribution in [1.29, 1.82) is 0 Å². The van der Waals surface area contributed by atoms with Crippen molar-refractivity contribution in [3.8, 4) is 5.75 Å². The maximum Gasteiger partial charge on any atom is 0.255 e. The molecule has 3 N–H and O–H groups in total. The smallest absolute Gasteiger partial charge is 0.255 e. The molecule has 0 aromatic heterocycles. The molecule has 0 bridgehead atoms. The number of hydrogen-bond acceptors (Lipinski definition) is 4. The van der Waals surface area contributed by atoms with Crippen LogP contribution in [0.2, 0.25) is 0 Å². The third-order valence-electron chi connectivity index (χ3n) is 5.03. The molecule has 0 radical (unpaired) electrons. The van der Waals surface area contributed by atoms with Crippen molar-refractivity contribution in [2.24, 2.45) is 0 Å². The Morgan fingerprint density at radius 2 is 1.53 bits per heavy atom. The van der Waals surface area contributed by atoms with Crippen LogP contribution in [0.3, 0.4) is 0 Å². The van der Waals surface area contributed by atoms with Crippen LogP contribution >= 0.6 is 0 Å². The quantitative estimate of drug-likeness (QED) is 0.476. The molecule has 3 aromatic rings. The molecule has 2 atom stereocenters. The number of benzene rings is 3. The number of para-hydroxylation sites is 2. The lowest BCUT2D eigenvalue weighted by molar-refractivity contribution is -0.117. The first-order valence-electron chi connectivity index (χ1n) is 10.2. The second kappa shape index (κ2) is 10.5. The summed E-state index contributed by atoms with van der Waals surface area (Å²) in [6.45, 7) is 3.51. The van der Waals surface area contributed by atoms with Gasteiger partial charge >= 0.3 is 0 Å². The van der Waals surface area contributed by atoms with Gasteiger partial charge < -0.3 is 15.4 Å². The van der Waals surface area contributed by atoms with Gasteiger partial charge in [-0.3, -0.25) is 14.9 Å². The summed E-state index contributed by atoms with van der Waals surface area (Å²) in [5.74, 6) is -0.307. The highest BCUT2D eigenvalue weighted by Gasteiger charge is 2.18. The molecule has 0 spiro atoms. The number of carbonyl (C=O) groups is 2. The zero-order valence-corrected chi connectivity index (χ0v) is 18.2. The van der Waals surface area contributed by atoms with Crippen LogP contribution in [0.15, 0.2) is 72.8 Å². The maximum absolute atomic E-state index is 13.9. The monoisotopic (exact) mass is 435 g/mol. The fourth-order valence-corrected chi connectivity index (χ4v) is 3.26. The third-order valence-corrected chi connectivity index (χ3v) is 5.03. The Morgan fingerprint density at radius 1 is 0.875 bits per heavy atom.